The largest absolute Gasteiger partial charge is 0.456 e. The molecule has 10 rings (SSSR count). The van der Waals surface area contributed by atoms with Gasteiger partial charge in [-0.15, -0.1) is 11.3 Å². The molecule has 0 atom stereocenters. The highest BCUT2D eigenvalue weighted by molar-refractivity contribution is 7.25. The van der Waals surface area contributed by atoms with Crippen LogP contribution in [0.2, 0.25) is 0 Å². The molecule has 0 aliphatic heterocycles. The molecule has 210 valence electrons. The van der Waals surface area contributed by atoms with E-state index in [1.165, 1.54) is 20.2 Å². The number of hydrogen-bond donors (Lipinski definition) is 0. The Balaban J connectivity index is 1.20. The number of aromatic nitrogens is 2. The summed E-state index contributed by atoms with van der Waals surface area (Å²) in [5, 5.41) is 6.87. The minimum absolute atomic E-state index is 0.691. The average Bonchev–Trinajstić information content (AvgIpc) is 3.78. The average molecular weight is 595 g/mol. The molecule has 0 N–H and O–H groups in total. The van der Waals surface area contributed by atoms with E-state index in [1.54, 1.807) is 11.3 Å². The van der Waals surface area contributed by atoms with E-state index in [-0.39, 0.29) is 0 Å². The Kier molecular flexibility index (Phi) is 5.12. The minimum Gasteiger partial charge on any atom is -0.456 e. The normalized spacial score (nSPS) is 12.0. The molecule has 4 nitrogen and oxygen atoms in total. The number of nitrogens with zero attached hydrogens (tertiary/aromatic N) is 2. The van der Waals surface area contributed by atoms with Crippen molar-refractivity contribution in [3.8, 4) is 33.9 Å². The molecule has 0 aliphatic rings. The Labute approximate surface area is 260 Å². The van der Waals surface area contributed by atoms with Gasteiger partial charge < -0.3 is 8.83 Å². The zero-order valence-electron chi connectivity index (χ0n) is 23.8. The Bertz CT molecular complexity index is 2650. The number of rotatable bonds is 3. The zero-order chi connectivity index (χ0) is 29.5. The van der Waals surface area contributed by atoms with E-state index in [1.807, 2.05) is 48.5 Å². The Morgan fingerprint density at radius 1 is 0.378 bits per heavy atom. The summed E-state index contributed by atoms with van der Waals surface area (Å²) in [5.74, 6) is 0.691. The summed E-state index contributed by atoms with van der Waals surface area (Å²) >= 11 is 1.80. The first-order chi connectivity index (χ1) is 22.2. The van der Waals surface area contributed by atoms with Crippen LogP contribution in [0.15, 0.2) is 142 Å². The molecular weight excluding hydrogens is 573 g/mol. The van der Waals surface area contributed by atoms with E-state index >= 15 is 0 Å². The molecule has 0 radical (unpaired) electrons. The van der Waals surface area contributed by atoms with Crippen LogP contribution in [-0.4, -0.2) is 9.97 Å². The van der Waals surface area contributed by atoms with Crippen LogP contribution in [0.4, 0.5) is 0 Å². The van der Waals surface area contributed by atoms with Crippen LogP contribution in [0.1, 0.15) is 0 Å². The molecule has 0 unspecified atom stereocenters. The SMILES string of the molecule is c1ccc2c(c1)oc1ccc(-c3cc(-c4ccc5oc6ccccc6c5c4)nc(-c4ccc5c(c4)sc4ccccc45)n3)cc12. The van der Waals surface area contributed by atoms with Crippen molar-refractivity contribution in [2.24, 2.45) is 0 Å². The van der Waals surface area contributed by atoms with Crippen molar-refractivity contribution < 1.29 is 8.83 Å². The van der Waals surface area contributed by atoms with Crippen molar-refractivity contribution in [2.75, 3.05) is 0 Å². The molecule has 45 heavy (non-hydrogen) atoms. The van der Waals surface area contributed by atoms with Crippen LogP contribution in [0, 0.1) is 0 Å². The van der Waals surface area contributed by atoms with Crippen molar-refractivity contribution in [1.82, 2.24) is 9.97 Å². The van der Waals surface area contributed by atoms with Gasteiger partial charge in [-0.05, 0) is 66.7 Å². The molecule has 0 saturated heterocycles. The van der Waals surface area contributed by atoms with Crippen LogP contribution >= 0.6 is 11.3 Å². The highest BCUT2D eigenvalue weighted by atomic mass is 32.1. The minimum atomic E-state index is 0.691. The van der Waals surface area contributed by atoms with Crippen LogP contribution < -0.4 is 0 Å². The lowest BCUT2D eigenvalue weighted by Crippen LogP contribution is -1.96. The summed E-state index contributed by atoms with van der Waals surface area (Å²) in [4.78, 5) is 10.4. The summed E-state index contributed by atoms with van der Waals surface area (Å²) in [5.41, 5.74) is 8.21. The van der Waals surface area contributed by atoms with Crippen molar-refractivity contribution in [3.05, 3.63) is 133 Å². The van der Waals surface area contributed by atoms with Gasteiger partial charge in [0.25, 0.3) is 0 Å². The smallest absolute Gasteiger partial charge is 0.160 e. The molecule has 4 aromatic heterocycles. The second-order valence-electron chi connectivity index (χ2n) is 11.4. The number of furan rings is 2. The predicted molar refractivity (Wildman–Crippen MR) is 186 cm³/mol. The standard InChI is InChI=1S/C40H22N2O2S/c1-4-10-34-26(7-1)30-19-23(14-17-36(30)43-34)32-22-33(24-15-18-37-31(20-24)27-8-2-5-11-35(27)44-37)42-40(41-32)25-13-16-29-28-9-3-6-12-38(28)45-39(29)21-25/h1-22H. The monoisotopic (exact) mass is 594 g/mol. The van der Waals surface area contributed by atoms with E-state index < -0.39 is 0 Å². The van der Waals surface area contributed by atoms with Crippen molar-refractivity contribution in [2.45, 2.75) is 0 Å². The molecule has 0 fully saturated rings. The molecule has 4 heterocycles. The maximum absolute atomic E-state index is 6.12. The molecule has 5 heteroatoms. The van der Waals surface area contributed by atoms with E-state index in [2.05, 4.69) is 84.9 Å². The van der Waals surface area contributed by atoms with Gasteiger partial charge in [-0.3, -0.25) is 0 Å². The Morgan fingerprint density at radius 2 is 0.889 bits per heavy atom. The molecular formula is C40H22N2O2S. The second kappa shape index (κ2) is 9.36. The fourth-order valence-corrected chi connectivity index (χ4v) is 7.65. The van der Waals surface area contributed by atoms with Gasteiger partial charge in [-0.1, -0.05) is 66.7 Å². The number of fused-ring (bicyclic) bond motifs is 9. The van der Waals surface area contributed by atoms with E-state index in [0.29, 0.717) is 5.82 Å². The van der Waals surface area contributed by atoms with Gasteiger partial charge in [-0.25, -0.2) is 9.97 Å². The first-order valence-electron chi connectivity index (χ1n) is 14.9. The van der Waals surface area contributed by atoms with Crippen molar-refractivity contribution in [1.29, 1.82) is 0 Å². The summed E-state index contributed by atoms with van der Waals surface area (Å²) in [7, 11) is 0. The Hall–Kier alpha value is -5.78. The summed E-state index contributed by atoms with van der Waals surface area (Å²) in [6, 6.07) is 46.2. The lowest BCUT2D eigenvalue weighted by atomic mass is 10.0. The first kappa shape index (κ1) is 24.6. The first-order valence-corrected chi connectivity index (χ1v) is 15.7. The van der Waals surface area contributed by atoms with Gasteiger partial charge in [0.2, 0.25) is 0 Å². The van der Waals surface area contributed by atoms with E-state index in [0.717, 1.165) is 72.0 Å². The second-order valence-corrected chi connectivity index (χ2v) is 12.5. The number of hydrogen-bond acceptors (Lipinski definition) is 5. The van der Waals surface area contributed by atoms with Gasteiger partial charge >= 0.3 is 0 Å². The molecule has 10 aromatic rings. The number of thiophene rings is 1. The molecule has 0 bridgehead atoms. The summed E-state index contributed by atoms with van der Waals surface area (Å²) < 4.78 is 14.7. The third-order valence-corrected chi connectivity index (χ3v) is 9.84. The third kappa shape index (κ3) is 3.84. The zero-order valence-corrected chi connectivity index (χ0v) is 24.6. The van der Waals surface area contributed by atoms with Crippen LogP contribution in [0.25, 0.3) is 98.0 Å². The van der Waals surface area contributed by atoms with E-state index in [4.69, 9.17) is 18.8 Å². The van der Waals surface area contributed by atoms with Crippen molar-refractivity contribution >= 4 is 75.4 Å². The summed E-state index contributed by atoms with van der Waals surface area (Å²) in [6.45, 7) is 0. The van der Waals surface area contributed by atoms with Gasteiger partial charge in [0, 0.05) is 58.4 Å². The van der Waals surface area contributed by atoms with Crippen LogP contribution in [-0.2, 0) is 0 Å². The highest BCUT2D eigenvalue weighted by Gasteiger charge is 2.16. The topological polar surface area (TPSA) is 52.1 Å². The fraction of sp³-hybridized carbons (Fsp3) is 0. The molecule has 0 saturated carbocycles. The molecule has 0 spiro atoms. The lowest BCUT2D eigenvalue weighted by molar-refractivity contribution is 0.668. The van der Waals surface area contributed by atoms with Gasteiger partial charge in [0.05, 0.1) is 11.4 Å². The van der Waals surface area contributed by atoms with Crippen LogP contribution in [0.3, 0.4) is 0 Å². The van der Waals surface area contributed by atoms with Gasteiger partial charge in [-0.2, -0.15) is 0 Å². The lowest BCUT2D eigenvalue weighted by Gasteiger charge is -2.10. The quantitative estimate of drug-likeness (QED) is 0.204. The molecule has 0 aliphatic carbocycles. The predicted octanol–water partition coefficient (Wildman–Crippen LogP) is 11.6. The summed E-state index contributed by atoms with van der Waals surface area (Å²) in [6.07, 6.45) is 0. The maximum Gasteiger partial charge on any atom is 0.160 e. The molecule has 0 amide bonds. The molecule has 6 aromatic carbocycles. The van der Waals surface area contributed by atoms with Crippen molar-refractivity contribution in [3.63, 3.8) is 0 Å². The maximum atomic E-state index is 6.12. The fourth-order valence-electron chi connectivity index (χ4n) is 6.51. The number of benzene rings is 6. The number of para-hydroxylation sites is 2. The Morgan fingerprint density at radius 3 is 1.53 bits per heavy atom. The third-order valence-electron chi connectivity index (χ3n) is 8.71. The van der Waals surface area contributed by atoms with Gasteiger partial charge in [0.1, 0.15) is 22.3 Å². The van der Waals surface area contributed by atoms with E-state index in [9.17, 15) is 0 Å². The highest BCUT2D eigenvalue weighted by Crippen LogP contribution is 2.38. The van der Waals surface area contributed by atoms with Crippen LogP contribution in [0.5, 0.6) is 0 Å². The van der Waals surface area contributed by atoms with Gasteiger partial charge in [0.15, 0.2) is 5.82 Å².